The molecule has 3 nitrogen and oxygen atoms in total. The zero-order chi connectivity index (χ0) is 12.1. The number of aliphatic hydroxyl groups is 1. The van der Waals surface area contributed by atoms with Crippen molar-refractivity contribution in [3.63, 3.8) is 0 Å². The Morgan fingerprint density at radius 3 is 2.76 bits per heavy atom. The summed E-state index contributed by atoms with van der Waals surface area (Å²) in [6.45, 7) is 4.03. The van der Waals surface area contributed by atoms with E-state index in [0.29, 0.717) is 19.1 Å². The van der Waals surface area contributed by atoms with Gasteiger partial charge in [0.2, 0.25) is 0 Å². The first-order valence-corrected chi connectivity index (χ1v) is 6.79. The molecule has 1 heterocycles. The van der Waals surface area contributed by atoms with E-state index in [1.165, 1.54) is 0 Å². The molecule has 17 heavy (non-hydrogen) atoms. The van der Waals surface area contributed by atoms with Crippen LogP contribution in [-0.2, 0) is 0 Å². The van der Waals surface area contributed by atoms with E-state index in [9.17, 15) is 0 Å². The van der Waals surface area contributed by atoms with Gasteiger partial charge in [0.1, 0.15) is 12.4 Å². The van der Waals surface area contributed by atoms with Gasteiger partial charge in [-0.25, -0.2) is 0 Å². The highest BCUT2D eigenvalue weighted by molar-refractivity contribution is 9.10. The van der Waals surface area contributed by atoms with Crippen LogP contribution < -0.4 is 4.74 Å². The van der Waals surface area contributed by atoms with Crippen LogP contribution in [0.2, 0.25) is 0 Å². The van der Waals surface area contributed by atoms with Gasteiger partial charge in [-0.05, 0) is 43.1 Å². The van der Waals surface area contributed by atoms with Crippen LogP contribution in [-0.4, -0.2) is 42.9 Å². The Morgan fingerprint density at radius 1 is 1.35 bits per heavy atom. The number of hydrogen-bond donors (Lipinski definition) is 1. The van der Waals surface area contributed by atoms with Gasteiger partial charge in [0, 0.05) is 24.2 Å². The van der Waals surface area contributed by atoms with E-state index in [4.69, 9.17) is 9.84 Å². The van der Waals surface area contributed by atoms with Crippen LogP contribution in [0.4, 0.5) is 0 Å². The maximum atomic E-state index is 9.05. The molecule has 0 amide bonds. The largest absolute Gasteiger partial charge is 0.492 e. The number of halogens is 1. The monoisotopic (exact) mass is 299 g/mol. The molecule has 1 N–H and O–H groups in total. The summed E-state index contributed by atoms with van der Waals surface area (Å²) in [6.07, 6.45) is 1.11. The maximum absolute atomic E-state index is 9.05. The molecule has 1 aromatic rings. The molecule has 2 rings (SSSR count). The average Bonchev–Trinajstić information content (AvgIpc) is 2.80. The minimum atomic E-state index is 0.310. The van der Waals surface area contributed by atoms with Crippen molar-refractivity contribution in [2.24, 2.45) is 5.92 Å². The lowest BCUT2D eigenvalue weighted by Gasteiger charge is -2.15. The molecular formula is C13H18BrNO2. The second-order valence-electron chi connectivity index (χ2n) is 4.44. The normalized spacial score (nSPS) is 20.7. The Labute approximate surface area is 111 Å². The highest BCUT2D eigenvalue weighted by Crippen LogP contribution is 2.17. The minimum Gasteiger partial charge on any atom is -0.492 e. The molecule has 0 aliphatic carbocycles. The Kier molecular flexibility index (Phi) is 4.83. The van der Waals surface area contributed by atoms with Crippen LogP contribution in [0.3, 0.4) is 0 Å². The highest BCUT2D eigenvalue weighted by Gasteiger charge is 2.20. The molecule has 0 spiro atoms. The summed E-state index contributed by atoms with van der Waals surface area (Å²) >= 11 is 3.39. The number of aliphatic hydroxyl groups excluding tert-OH is 1. The zero-order valence-corrected chi connectivity index (χ0v) is 11.4. The molecule has 1 aliphatic rings. The van der Waals surface area contributed by atoms with Gasteiger partial charge < -0.3 is 9.84 Å². The third-order valence-corrected chi connectivity index (χ3v) is 3.65. The van der Waals surface area contributed by atoms with E-state index in [1.54, 1.807) is 0 Å². The van der Waals surface area contributed by atoms with Crippen molar-refractivity contribution in [1.82, 2.24) is 4.90 Å². The van der Waals surface area contributed by atoms with E-state index in [-0.39, 0.29) is 0 Å². The minimum absolute atomic E-state index is 0.310. The molecule has 1 unspecified atom stereocenters. The molecule has 0 bridgehead atoms. The van der Waals surface area contributed by atoms with Crippen LogP contribution in [0, 0.1) is 5.92 Å². The SMILES string of the molecule is OCC1CCN(CCOc2ccc(Br)cc2)C1. The number of benzene rings is 1. The van der Waals surface area contributed by atoms with Crippen LogP contribution in [0.1, 0.15) is 6.42 Å². The van der Waals surface area contributed by atoms with E-state index in [1.807, 2.05) is 24.3 Å². The number of hydrogen-bond acceptors (Lipinski definition) is 3. The number of rotatable bonds is 5. The highest BCUT2D eigenvalue weighted by atomic mass is 79.9. The number of nitrogens with zero attached hydrogens (tertiary/aromatic N) is 1. The van der Waals surface area contributed by atoms with E-state index in [2.05, 4.69) is 20.8 Å². The van der Waals surface area contributed by atoms with Gasteiger partial charge in [0.25, 0.3) is 0 Å². The first kappa shape index (κ1) is 12.9. The van der Waals surface area contributed by atoms with Gasteiger partial charge in [0.05, 0.1) is 0 Å². The van der Waals surface area contributed by atoms with Crippen LogP contribution in [0.25, 0.3) is 0 Å². The fraction of sp³-hybridized carbons (Fsp3) is 0.538. The van der Waals surface area contributed by atoms with Gasteiger partial charge >= 0.3 is 0 Å². The summed E-state index contributed by atoms with van der Waals surface area (Å²) in [5, 5.41) is 9.05. The molecule has 4 heteroatoms. The Morgan fingerprint density at radius 2 is 2.12 bits per heavy atom. The molecule has 1 fully saturated rings. The van der Waals surface area contributed by atoms with Crippen LogP contribution >= 0.6 is 15.9 Å². The Bertz CT molecular complexity index is 342. The first-order valence-electron chi connectivity index (χ1n) is 5.99. The quantitative estimate of drug-likeness (QED) is 0.904. The summed E-state index contributed by atoms with van der Waals surface area (Å²) < 4.78 is 6.73. The van der Waals surface area contributed by atoms with Gasteiger partial charge in [0.15, 0.2) is 0 Å². The van der Waals surface area contributed by atoms with Gasteiger partial charge in [-0.3, -0.25) is 4.90 Å². The molecule has 1 saturated heterocycles. The summed E-state index contributed by atoms with van der Waals surface area (Å²) in [5.41, 5.74) is 0. The lowest BCUT2D eigenvalue weighted by Crippen LogP contribution is -2.26. The molecule has 1 aromatic carbocycles. The summed E-state index contributed by atoms with van der Waals surface area (Å²) in [6, 6.07) is 7.88. The van der Waals surface area contributed by atoms with Gasteiger partial charge in [-0.15, -0.1) is 0 Å². The van der Waals surface area contributed by atoms with Crippen LogP contribution in [0.15, 0.2) is 28.7 Å². The van der Waals surface area contributed by atoms with Gasteiger partial charge in [-0.2, -0.15) is 0 Å². The maximum Gasteiger partial charge on any atom is 0.119 e. The lowest BCUT2D eigenvalue weighted by molar-refractivity contribution is 0.204. The van der Waals surface area contributed by atoms with E-state index < -0.39 is 0 Å². The lowest BCUT2D eigenvalue weighted by atomic mass is 10.1. The third kappa shape index (κ3) is 3.98. The second-order valence-corrected chi connectivity index (χ2v) is 5.36. The van der Waals surface area contributed by atoms with E-state index >= 15 is 0 Å². The third-order valence-electron chi connectivity index (χ3n) is 3.12. The average molecular weight is 300 g/mol. The van der Waals surface area contributed by atoms with Crippen molar-refractivity contribution in [3.8, 4) is 5.75 Å². The summed E-state index contributed by atoms with van der Waals surface area (Å²) in [7, 11) is 0. The fourth-order valence-electron chi connectivity index (χ4n) is 2.09. The number of likely N-dealkylation sites (tertiary alicyclic amines) is 1. The van der Waals surface area contributed by atoms with Crippen LogP contribution in [0.5, 0.6) is 5.75 Å². The Balaban J connectivity index is 1.68. The van der Waals surface area contributed by atoms with Crippen molar-refractivity contribution < 1.29 is 9.84 Å². The molecule has 0 radical (unpaired) electrons. The van der Waals surface area contributed by atoms with Crippen molar-refractivity contribution in [2.75, 3.05) is 32.8 Å². The molecule has 1 aliphatic heterocycles. The second kappa shape index (κ2) is 6.38. The Hall–Kier alpha value is -0.580. The topological polar surface area (TPSA) is 32.7 Å². The molecule has 0 saturated carbocycles. The molecule has 0 aromatic heterocycles. The molecule has 94 valence electrons. The molecule has 1 atom stereocenters. The van der Waals surface area contributed by atoms with Crippen molar-refractivity contribution >= 4 is 15.9 Å². The molecular weight excluding hydrogens is 282 g/mol. The summed E-state index contributed by atoms with van der Waals surface area (Å²) in [5.74, 6) is 1.37. The predicted molar refractivity (Wildman–Crippen MR) is 71.3 cm³/mol. The fourth-order valence-corrected chi connectivity index (χ4v) is 2.35. The zero-order valence-electron chi connectivity index (χ0n) is 9.81. The van der Waals surface area contributed by atoms with Gasteiger partial charge in [-0.1, -0.05) is 15.9 Å². The van der Waals surface area contributed by atoms with Crippen molar-refractivity contribution in [1.29, 1.82) is 0 Å². The van der Waals surface area contributed by atoms with Crippen molar-refractivity contribution in [2.45, 2.75) is 6.42 Å². The number of ether oxygens (including phenoxy) is 1. The van der Waals surface area contributed by atoms with Crippen molar-refractivity contribution in [3.05, 3.63) is 28.7 Å². The smallest absolute Gasteiger partial charge is 0.119 e. The summed E-state index contributed by atoms with van der Waals surface area (Å²) in [4.78, 5) is 2.35. The standard InChI is InChI=1S/C13H18BrNO2/c14-12-1-3-13(4-2-12)17-8-7-15-6-5-11(9-15)10-16/h1-4,11,16H,5-10H2. The predicted octanol–water partition coefficient (Wildman–Crippen LogP) is 2.14. The first-order chi connectivity index (χ1) is 8.28. The van der Waals surface area contributed by atoms with E-state index in [0.717, 1.165) is 36.3 Å².